The molecule has 0 saturated heterocycles. The first-order valence-electron chi connectivity index (χ1n) is 36.7. The van der Waals surface area contributed by atoms with Gasteiger partial charge in [-0.25, -0.2) is 9.13 Å². The first kappa shape index (κ1) is 88.1. The summed E-state index contributed by atoms with van der Waals surface area (Å²) in [6.07, 6.45) is 43.3. The number of carbonyl (C=O) groups is 4. The number of phosphoric ester groups is 2. The van der Waals surface area contributed by atoms with Gasteiger partial charge in [0.05, 0.1) is 26.4 Å². The number of phosphoric acid groups is 2. The van der Waals surface area contributed by atoms with Gasteiger partial charge in [-0.05, 0) is 49.4 Å². The molecule has 0 bridgehead atoms. The van der Waals surface area contributed by atoms with Gasteiger partial charge < -0.3 is 33.8 Å². The van der Waals surface area contributed by atoms with E-state index >= 15 is 0 Å². The summed E-state index contributed by atoms with van der Waals surface area (Å²) in [6.45, 7) is 14.0. The fourth-order valence-electron chi connectivity index (χ4n) is 10.7. The highest BCUT2D eigenvalue weighted by atomic mass is 31.2. The minimum atomic E-state index is -4.95. The predicted octanol–water partition coefficient (Wildman–Crippen LogP) is 20.1. The number of esters is 4. The van der Waals surface area contributed by atoms with Crippen LogP contribution in [0.4, 0.5) is 0 Å². The van der Waals surface area contributed by atoms with Gasteiger partial charge in [-0.1, -0.05) is 299 Å². The van der Waals surface area contributed by atoms with Gasteiger partial charge in [-0.2, -0.15) is 0 Å². The third-order valence-electron chi connectivity index (χ3n) is 16.3. The molecule has 2 unspecified atom stereocenters. The maximum Gasteiger partial charge on any atom is 0.472 e. The minimum Gasteiger partial charge on any atom is -0.462 e. The van der Waals surface area contributed by atoms with Crippen LogP contribution >= 0.6 is 15.6 Å². The third kappa shape index (κ3) is 64.8. The summed E-state index contributed by atoms with van der Waals surface area (Å²) in [5.41, 5.74) is 0. The van der Waals surface area contributed by atoms with E-state index in [1.807, 2.05) is 0 Å². The van der Waals surface area contributed by atoms with Crippen LogP contribution in [0.25, 0.3) is 0 Å². The maximum atomic E-state index is 13.0. The van der Waals surface area contributed by atoms with Crippen LogP contribution < -0.4 is 0 Å². The molecule has 90 heavy (non-hydrogen) atoms. The summed E-state index contributed by atoms with van der Waals surface area (Å²) < 4.78 is 68.3. The van der Waals surface area contributed by atoms with Crippen molar-refractivity contribution in [3.05, 3.63) is 0 Å². The SMILES string of the molecule is CC(C)CCCCCCCCCCCCCCCCC(=O)OC[C@H](COP(=O)(O)OC[C@@H](O)COP(=O)(O)OC[C@@H](COC(=O)CCCCCCCCC(C)C)OC(=O)CCCCCCCCCCCCC(C)C)OC(=O)CCCCCCCCCCC(C)C. The number of unbranched alkanes of at least 4 members (excludes halogenated alkanes) is 34. The molecule has 0 aliphatic rings. The molecule has 0 radical (unpaired) electrons. The molecule has 0 spiro atoms. The van der Waals surface area contributed by atoms with E-state index in [0.29, 0.717) is 31.6 Å². The van der Waals surface area contributed by atoms with E-state index in [9.17, 15) is 43.2 Å². The summed E-state index contributed by atoms with van der Waals surface area (Å²) >= 11 is 0. The number of carbonyl (C=O) groups excluding carboxylic acids is 4. The molecule has 0 aromatic carbocycles. The zero-order valence-corrected chi connectivity index (χ0v) is 60.6. The normalized spacial score (nSPS) is 14.3. The molecule has 0 aromatic heterocycles. The van der Waals surface area contributed by atoms with Gasteiger partial charge >= 0.3 is 39.5 Å². The van der Waals surface area contributed by atoms with E-state index in [2.05, 4.69) is 55.4 Å². The standard InChI is InChI=1S/C71H138O17P2/c1-61(2)47-39-31-23-17-13-11-9-10-12-14-19-26-35-43-51-68(73)81-57-66(88-71(76)54-46-38-28-22-21-25-33-41-49-63(5)6)59-85-89(77,78)83-55-65(72)56-84-90(79,80)86-60-67(58-82-69(74)52-44-36-30-29-34-42-50-64(7)8)87-70(75)53-45-37-27-20-16-15-18-24-32-40-48-62(3)4/h61-67,72H,9-60H2,1-8H3,(H,77,78)(H,79,80)/t65-,66-,67-/m1/s1. The van der Waals surface area contributed by atoms with Gasteiger partial charge in [0, 0.05) is 25.7 Å². The average molecular weight is 1330 g/mol. The lowest BCUT2D eigenvalue weighted by Gasteiger charge is -2.21. The molecule has 534 valence electrons. The van der Waals surface area contributed by atoms with Crippen molar-refractivity contribution in [1.29, 1.82) is 0 Å². The topological polar surface area (TPSA) is 237 Å². The molecule has 0 rings (SSSR count). The van der Waals surface area contributed by atoms with Crippen molar-refractivity contribution in [3.63, 3.8) is 0 Å². The Balaban J connectivity index is 5.21. The lowest BCUT2D eigenvalue weighted by molar-refractivity contribution is -0.161. The van der Waals surface area contributed by atoms with Crippen molar-refractivity contribution in [1.82, 2.24) is 0 Å². The molecular formula is C71H138O17P2. The molecule has 0 saturated carbocycles. The summed E-state index contributed by atoms with van der Waals surface area (Å²) in [4.78, 5) is 72.5. The fourth-order valence-corrected chi connectivity index (χ4v) is 12.2. The number of hydrogen-bond acceptors (Lipinski definition) is 15. The lowest BCUT2D eigenvalue weighted by atomic mass is 10.0. The Morgan fingerprint density at radius 3 is 0.689 bits per heavy atom. The summed E-state index contributed by atoms with van der Waals surface area (Å²) in [5.74, 6) is 0.818. The largest absolute Gasteiger partial charge is 0.472 e. The minimum absolute atomic E-state index is 0.104. The van der Waals surface area contributed by atoms with E-state index in [-0.39, 0.29) is 25.7 Å². The molecule has 0 aliphatic heterocycles. The number of rotatable bonds is 68. The Labute approximate surface area is 549 Å². The summed E-state index contributed by atoms with van der Waals surface area (Å²) in [7, 11) is -9.90. The van der Waals surface area contributed by atoms with Crippen LogP contribution in [0.5, 0.6) is 0 Å². The Morgan fingerprint density at radius 2 is 0.467 bits per heavy atom. The smallest absolute Gasteiger partial charge is 0.462 e. The highest BCUT2D eigenvalue weighted by Crippen LogP contribution is 2.45. The third-order valence-corrected chi connectivity index (χ3v) is 18.2. The average Bonchev–Trinajstić information content (AvgIpc) is 3.52. The van der Waals surface area contributed by atoms with E-state index in [1.54, 1.807) is 0 Å². The van der Waals surface area contributed by atoms with Gasteiger partial charge in [0.25, 0.3) is 0 Å². The van der Waals surface area contributed by atoms with Crippen LogP contribution in [0.1, 0.15) is 351 Å². The molecule has 0 aliphatic carbocycles. The van der Waals surface area contributed by atoms with Crippen LogP contribution in [0.2, 0.25) is 0 Å². The van der Waals surface area contributed by atoms with E-state index in [1.165, 1.54) is 148 Å². The van der Waals surface area contributed by atoms with Gasteiger partial charge in [0.15, 0.2) is 12.2 Å². The van der Waals surface area contributed by atoms with Crippen molar-refractivity contribution in [2.75, 3.05) is 39.6 Å². The van der Waals surface area contributed by atoms with Crippen LogP contribution in [0.15, 0.2) is 0 Å². The summed E-state index contributed by atoms with van der Waals surface area (Å²) in [6, 6.07) is 0. The zero-order valence-electron chi connectivity index (χ0n) is 58.8. The Kier molecular flexibility index (Phi) is 59.4. The number of hydrogen-bond donors (Lipinski definition) is 3. The number of aliphatic hydroxyl groups is 1. The van der Waals surface area contributed by atoms with Gasteiger partial charge in [-0.15, -0.1) is 0 Å². The van der Waals surface area contributed by atoms with E-state index < -0.39 is 97.5 Å². The van der Waals surface area contributed by atoms with Crippen molar-refractivity contribution < 1.29 is 80.2 Å². The fraction of sp³-hybridized carbons (Fsp3) is 0.944. The molecule has 0 fully saturated rings. The molecule has 17 nitrogen and oxygen atoms in total. The molecule has 5 atom stereocenters. The van der Waals surface area contributed by atoms with E-state index in [0.717, 1.165) is 114 Å². The lowest BCUT2D eigenvalue weighted by Crippen LogP contribution is -2.30. The Morgan fingerprint density at radius 1 is 0.278 bits per heavy atom. The van der Waals surface area contributed by atoms with Gasteiger partial charge in [-0.3, -0.25) is 37.3 Å². The quantitative estimate of drug-likeness (QED) is 0.0222. The van der Waals surface area contributed by atoms with Crippen LogP contribution in [-0.4, -0.2) is 96.7 Å². The zero-order chi connectivity index (χ0) is 66.8. The van der Waals surface area contributed by atoms with Crippen LogP contribution in [0.3, 0.4) is 0 Å². The first-order valence-corrected chi connectivity index (χ1v) is 39.7. The van der Waals surface area contributed by atoms with Crippen molar-refractivity contribution >= 4 is 39.5 Å². The molecule has 19 heteroatoms. The van der Waals surface area contributed by atoms with Crippen molar-refractivity contribution in [2.45, 2.75) is 369 Å². The molecule has 3 N–H and O–H groups in total. The predicted molar refractivity (Wildman–Crippen MR) is 363 cm³/mol. The highest BCUT2D eigenvalue weighted by molar-refractivity contribution is 7.47. The van der Waals surface area contributed by atoms with E-state index in [4.69, 9.17) is 37.0 Å². The Hall–Kier alpha value is -1.94. The van der Waals surface area contributed by atoms with Crippen LogP contribution in [0, 0.1) is 23.7 Å². The van der Waals surface area contributed by atoms with Gasteiger partial charge in [0.2, 0.25) is 0 Å². The first-order chi connectivity index (χ1) is 43.1. The summed E-state index contributed by atoms with van der Waals surface area (Å²) in [5, 5.41) is 10.6. The van der Waals surface area contributed by atoms with Gasteiger partial charge in [0.1, 0.15) is 19.3 Å². The van der Waals surface area contributed by atoms with Crippen molar-refractivity contribution in [3.8, 4) is 0 Å². The van der Waals surface area contributed by atoms with Crippen LogP contribution in [-0.2, 0) is 65.4 Å². The monoisotopic (exact) mass is 1320 g/mol. The Bertz CT molecular complexity index is 1780. The molecule has 0 amide bonds. The second-order valence-corrected chi connectivity index (χ2v) is 30.4. The maximum absolute atomic E-state index is 13.0. The molecule has 0 heterocycles. The second-order valence-electron chi connectivity index (χ2n) is 27.5. The second kappa shape index (κ2) is 60.7. The highest BCUT2D eigenvalue weighted by Gasteiger charge is 2.30. The number of aliphatic hydroxyl groups excluding tert-OH is 1. The molecule has 0 aromatic rings. The number of ether oxygens (including phenoxy) is 4. The van der Waals surface area contributed by atoms with Crippen molar-refractivity contribution in [2.24, 2.45) is 23.7 Å². The molecular weight excluding hydrogens is 1190 g/mol.